The van der Waals surface area contributed by atoms with Crippen LogP contribution in [0.5, 0.6) is 0 Å². The van der Waals surface area contributed by atoms with E-state index in [2.05, 4.69) is 42.7 Å². The van der Waals surface area contributed by atoms with Crippen LogP contribution in [-0.2, 0) is 0 Å². The molecule has 0 aliphatic carbocycles. The predicted octanol–water partition coefficient (Wildman–Crippen LogP) is 2.59. The third-order valence-electron chi connectivity index (χ3n) is 3.08. The molecule has 2 nitrogen and oxygen atoms in total. The summed E-state index contributed by atoms with van der Waals surface area (Å²) in [6.45, 7) is 13.1. The molecule has 0 saturated carbocycles. The van der Waals surface area contributed by atoms with E-state index in [-0.39, 0.29) is 0 Å². The lowest BCUT2D eigenvalue weighted by Crippen LogP contribution is -2.43. The maximum Gasteiger partial charge on any atom is 0.0231 e. The zero-order chi connectivity index (χ0) is 11.9. The molecule has 0 aromatic heterocycles. The maximum absolute atomic E-state index is 3.38. The Bertz CT molecular complexity index is 183. The van der Waals surface area contributed by atoms with Gasteiger partial charge in [0.15, 0.2) is 0 Å². The monoisotopic (exact) mass is 244 g/mol. The van der Waals surface area contributed by atoms with E-state index in [0.29, 0.717) is 4.75 Å². The van der Waals surface area contributed by atoms with Crippen LogP contribution in [0.15, 0.2) is 0 Å². The number of nitrogens with zero attached hydrogens (tertiary/aromatic N) is 1. The van der Waals surface area contributed by atoms with Gasteiger partial charge in [0.25, 0.3) is 0 Å². The topological polar surface area (TPSA) is 15.3 Å². The molecule has 0 unspecified atom stereocenters. The highest BCUT2D eigenvalue weighted by atomic mass is 32.2. The molecule has 1 rings (SSSR count). The standard InChI is InChI=1S/C13H28N2S/c1-4-14-8-6-5-7-9-15-10-11-16-13(2,3)12-15/h14H,4-12H2,1-3H3. The first-order chi connectivity index (χ1) is 7.64. The van der Waals surface area contributed by atoms with E-state index in [1.165, 1.54) is 51.2 Å². The van der Waals surface area contributed by atoms with E-state index in [0.717, 1.165) is 6.54 Å². The first-order valence-electron chi connectivity index (χ1n) is 6.71. The van der Waals surface area contributed by atoms with Gasteiger partial charge >= 0.3 is 0 Å². The summed E-state index contributed by atoms with van der Waals surface area (Å²) in [5, 5.41) is 3.38. The van der Waals surface area contributed by atoms with Crippen LogP contribution in [0.1, 0.15) is 40.0 Å². The van der Waals surface area contributed by atoms with Gasteiger partial charge in [-0.3, -0.25) is 0 Å². The molecule has 1 fully saturated rings. The van der Waals surface area contributed by atoms with Gasteiger partial charge < -0.3 is 10.2 Å². The van der Waals surface area contributed by atoms with Gasteiger partial charge in [0.05, 0.1) is 0 Å². The van der Waals surface area contributed by atoms with Gasteiger partial charge in [-0.1, -0.05) is 13.3 Å². The molecule has 0 spiro atoms. The van der Waals surface area contributed by atoms with E-state index in [4.69, 9.17) is 0 Å². The smallest absolute Gasteiger partial charge is 0.0231 e. The summed E-state index contributed by atoms with van der Waals surface area (Å²) in [4.78, 5) is 2.64. The normalized spacial score (nSPS) is 21.2. The first kappa shape index (κ1) is 14.3. The van der Waals surface area contributed by atoms with Crippen molar-refractivity contribution in [1.29, 1.82) is 0 Å². The fourth-order valence-electron chi connectivity index (χ4n) is 2.24. The second kappa shape index (κ2) is 7.57. The SMILES string of the molecule is CCNCCCCCN1CCSC(C)(C)C1. The van der Waals surface area contributed by atoms with Crippen LogP contribution in [-0.4, -0.2) is 48.1 Å². The largest absolute Gasteiger partial charge is 0.317 e. The van der Waals surface area contributed by atoms with E-state index in [1.54, 1.807) is 0 Å². The van der Waals surface area contributed by atoms with Crippen molar-refractivity contribution in [2.75, 3.05) is 38.5 Å². The lowest BCUT2D eigenvalue weighted by Gasteiger charge is -2.37. The molecule has 16 heavy (non-hydrogen) atoms. The van der Waals surface area contributed by atoms with E-state index in [9.17, 15) is 0 Å². The fraction of sp³-hybridized carbons (Fsp3) is 1.00. The quantitative estimate of drug-likeness (QED) is 0.693. The second-order valence-electron chi connectivity index (χ2n) is 5.30. The first-order valence-corrected chi connectivity index (χ1v) is 7.69. The minimum atomic E-state index is 0.474. The van der Waals surface area contributed by atoms with E-state index >= 15 is 0 Å². The van der Waals surface area contributed by atoms with Gasteiger partial charge in [0.2, 0.25) is 0 Å². The molecule has 1 aliphatic heterocycles. The van der Waals surface area contributed by atoms with E-state index in [1.807, 2.05) is 0 Å². The van der Waals surface area contributed by atoms with Gasteiger partial charge in [-0.25, -0.2) is 0 Å². The van der Waals surface area contributed by atoms with E-state index < -0.39 is 0 Å². The van der Waals surface area contributed by atoms with Crippen LogP contribution >= 0.6 is 11.8 Å². The number of unbranched alkanes of at least 4 members (excludes halogenated alkanes) is 2. The Morgan fingerprint density at radius 3 is 2.75 bits per heavy atom. The summed E-state index contributed by atoms with van der Waals surface area (Å²) in [7, 11) is 0. The van der Waals surface area contributed by atoms with Gasteiger partial charge in [-0.2, -0.15) is 11.8 Å². The molecule has 1 saturated heterocycles. The Hall–Kier alpha value is 0.270. The summed E-state index contributed by atoms with van der Waals surface area (Å²) in [5.41, 5.74) is 0. The highest BCUT2D eigenvalue weighted by Gasteiger charge is 2.26. The molecule has 1 heterocycles. The summed E-state index contributed by atoms with van der Waals surface area (Å²) in [5.74, 6) is 1.31. The van der Waals surface area contributed by atoms with Crippen molar-refractivity contribution in [3.8, 4) is 0 Å². The zero-order valence-corrected chi connectivity index (χ0v) is 12.0. The Balaban J connectivity index is 2.00. The van der Waals surface area contributed by atoms with Gasteiger partial charge in [0.1, 0.15) is 0 Å². The van der Waals surface area contributed by atoms with Crippen LogP contribution < -0.4 is 5.32 Å². The number of thioether (sulfide) groups is 1. The molecule has 0 aromatic rings. The lowest BCUT2D eigenvalue weighted by atomic mass is 10.1. The Labute approximate surface area is 106 Å². The summed E-state index contributed by atoms with van der Waals surface area (Å²) in [6.07, 6.45) is 4.07. The average molecular weight is 244 g/mol. The third-order valence-corrected chi connectivity index (χ3v) is 4.38. The highest BCUT2D eigenvalue weighted by Crippen LogP contribution is 2.29. The van der Waals surface area contributed by atoms with Crippen LogP contribution in [0, 0.1) is 0 Å². The van der Waals surface area contributed by atoms with Gasteiger partial charge in [-0.05, 0) is 46.3 Å². The van der Waals surface area contributed by atoms with Gasteiger partial charge in [-0.15, -0.1) is 0 Å². The number of hydrogen-bond donors (Lipinski definition) is 1. The van der Waals surface area contributed by atoms with Crippen molar-refractivity contribution in [3.05, 3.63) is 0 Å². The molecule has 3 heteroatoms. The van der Waals surface area contributed by atoms with Crippen molar-refractivity contribution in [3.63, 3.8) is 0 Å². The van der Waals surface area contributed by atoms with Crippen LogP contribution in [0.4, 0.5) is 0 Å². The molecule has 96 valence electrons. The summed E-state index contributed by atoms with van der Waals surface area (Å²) >= 11 is 2.12. The third kappa shape index (κ3) is 6.12. The van der Waals surface area contributed by atoms with Crippen molar-refractivity contribution in [2.24, 2.45) is 0 Å². The van der Waals surface area contributed by atoms with Crippen molar-refractivity contribution in [1.82, 2.24) is 10.2 Å². The zero-order valence-electron chi connectivity index (χ0n) is 11.2. The molecular weight excluding hydrogens is 216 g/mol. The number of hydrogen-bond acceptors (Lipinski definition) is 3. The molecule has 0 amide bonds. The minimum Gasteiger partial charge on any atom is -0.317 e. The maximum atomic E-state index is 3.38. The Morgan fingerprint density at radius 2 is 2.06 bits per heavy atom. The van der Waals surface area contributed by atoms with Crippen LogP contribution in [0.2, 0.25) is 0 Å². The number of rotatable bonds is 7. The lowest BCUT2D eigenvalue weighted by molar-refractivity contribution is 0.255. The Kier molecular flexibility index (Phi) is 6.78. The Morgan fingerprint density at radius 1 is 1.25 bits per heavy atom. The molecular formula is C13H28N2S. The predicted molar refractivity (Wildman–Crippen MR) is 75.4 cm³/mol. The van der Waals surface area contributed by atoms with Gasteiger partial charge in [0, 0.05) is 23.6 Å². The second-order valence-corrected chi connectivity index (χ2v) is 7.10. The average Bonchev–Trinajstić information content (AvgIpc) is 2.22. The molecule has 0 radical (unpaired) electrons. The van der Waals surface area contributed by atoms with Crippen molar-refractivity contribution in [2.45, 2.75) is 44.8 Å². The summed E-state index contributed by atoms with van der Waals surface area (Å²) in [6, 6.07) is 0. The summed E-state index contributed by atoms with van der Waals surface area (Å²) < 4.78 is 0.474. The molecule has 0 aromatic carbocycles. The molecule has 0 atom stereocenters. The molecule has 1 N–H and O–H groups in total. The molecule has 1 aliphatic rings. The molecule has 0 bridgehead atoms. The minimum absolute atomic E-state index is 0.474. The fourth-order valence-corrected chi connectivity index (χ4v) is 3.42. The highest BCUT2D eigenvalue weighted by molar-refractivity contribution is 8.00. The van der Waals surface area contributed by atoms with Crippen molar-refractivity contribution < 1.29 is 0 Å². The van der Waals surface area contributed by atoms with Crippen molar-refractivity contribution >= 4 is 11.8 Å². The number of nitrogens with one attached hydrogen (secondary N) is 1. The van der Waals surface area contributed by atoms with Crippen LogP contribution in [0.25, 0.3) is 0 Å². The van der Waals surface area contributed by atoms with Crippen LogP contribution in [0.3, 0.4) is 0 Å².